The highest BCUT2D eigenvalue weighted by Crippen LogP contribution is 2.15. The minimum Gasteiger partial charge on any atom is -0.493 e. The molecular weight excluding hydrogens is 266 g/mol. The largest absolute Gasteiger partial charge is 0.493 e. The number of hydrogen-bond donors (Lipinski definition) is 2. The maximum atomic E-state index is 11.7. The molecule has 1 rings (SSSR count). The second kappa shape index (κ2) is 8.03. The first kappa shape index (κ1) is 17.5. The number of aliphatic hydroxyl groups is 1. The molecule has 118 valence electrons. The summed E-state index contributed by atoms with van der Waals surface area (Å²) >= 11 is 0. The highest BCUT2D eigenvalue weighted by atomic mass is 16.5. The van der Waals surface area contributed by atoms with E-state index in [-0.39, 0.29) is 18.9 Å². The van der Waals surface area contributed by atoms with E-state index in [4.69, 9.17) is 4.74 Å². The van der Waals surface area contributed by atoms with Crippen molar-refractivity contribution in [1.29, 1.82) is 0 Å². The summed E-state index contributed by atoms with van der Waals surface area (Å²) in [6.07, 6.45) is 0.943. The maximum absolute atomic E-state index is 11.7. The van der Waals surface area contributed by atoms with Crippen LogP contribution in [0.5, 0.6) is 5.75 Å². The van der Waals surface area contributed by atoms with Crippen LogP contribution in [0.1, 0.15) is 39.2 Å². The molecule has 0 aliphatic heterocycles. The lowest BCUT2D eigenvalue weighted by molar-refractivity contribution is -0.122. The van der Waals surface area contributed by atoms with Crippen molar-refractivity contribution in [3.8, 4) is 5.75 Å². The summed E-state index contributed by atoms with van der Waals surface area (Å²) in [5.74, 6) is 1.06. The van der Waals surface area contributed by atoms with Gasteiger partial charge in [-0.3, -0.25) is 4.79 Å². The van der Waals surface area contributed by atoms with Crippen LogP contribution in [0.3, 0.4) is 0 Å². The Balaban J connectivity index is 2.25. The smallest absolute Gasteiger partial charge is 0.223 e. The second-order valence-corrected chi connectivity index (χ2v) is 6.29. The van der Waals surface area contributed by atoms with Crippen molar-refractivity contribution in [1.82, 2.24) is 5.32 Å². The van der Waals surface area contributed by atoms with Crippen LogP contribution in [0, 0.1) is 12.8 Å². The van der Waals surface area contributed by atoms with E-state index in [0.29, 0.717) is 18.9 Å². The Labute approximate surface area is 127 Å². The van der Waals surface area contributed by atoms with Crippen LogP contribution in [0.2, 0.25) is 0 Å². The van der Waals surface area contributed by atoms with Crippen molar-refractivity contribution < 1.29 is 14.6 Å². The van der Waals surface area contributed by atoms with Gasteiger partial charge >= 0.3 is 0 Å². The normalized spacial score (nSPS) is 13.8. The zero-order valence-electron chi connectivity index (χ0n) is 13.5. The van der Waals surface area contributed by atoms with Gasteiger partial charge in [-0.25, -0.2) is 0 Å². The lowest BCUT2D eigenvalue weighted by Crippen LogP contribution is -2.41. The summed E-state index contributed by atoms with van der Waals surface area (Å²) < 4.78 is 5.53. The van der Waals surface area contributed by atoms with E-state index < -0.39 is 5.60 Å². The summed E-state index contributed by atoms with van der Waals surface area (Å²) in [5.41, 5.74) is 0.267. The first-order chi connectivity index (χ1) is 9.78. The lowest BCUT2D eigenvalue weighted by atomic mass is 9.94. The van der Waals surface area contributed by atoms with Crippen LogP contribution >= 0.6 is 0 Å². The molecule has 0 saturated carbocycles. The molecule has 0 fully saturated rings. The Bertz CT molecular complexity index is 455. The average molecular weight is 293 g/mol. The van der Waals surface area contributed by atoms with Gasteiger partial charge in [0, 0.05) is 6.54 Å². The molecule has 0 aliphatic carbocycles. The van der Waals surface area contributed by atoms with Crippen molar-refractivity contribution in [2.24, 2.45) is 5.92 Å². The third-order valence-electron chi connectivity index (χ3n) is 3.10. The molecule has 4 heteroatoms. The van der Waals surface area contributed by atoms with Gasteiger partial charge in [-0.15, -0.1) is 0 Å². The minimum atomic E-state index is -0.860. The molecule has 1 aromatic rings. The molecule has 0 heterocycles. The van der Waals surface area contributed by atoms with Gasteiger partial charge in [-0.1, -0.05) is 26.0 Å². The van der Waals surface area contributed by atoms with Gasteiger partial charge in [-0.2, -0.15) is 0 Å². The van der Waals surface area contributed by atoms with Gasteiger partial charge in [0.05, 0.1) is 18.6 Å². The van der Waals surface area contributed by atoms with Gasteiger partial charge in [0.15, 0.2) is 0 Å². The molecule has 4 nitrogen and oxygen atoms in total. The highest BCUT2D eigenvalue weighted by Gasteiger charge is 2.22. The molecule has 1 unspecified atom stereocenters. The fraction of sp³-hybridized carbons (Fsp3) is 0.588. The molecule has 0 aliphatic rings. The zero-order chi connectivity index (χ0) is 15.9. The second-order valence-electron chi connectivity index (χ2n) is 6.29. The van der Waals surface area contributed by atoms with Gasteiger partial charge in [0.2, 0.25) is 5.91 Å². The Morgan fingerprint density at radius 1 is 1.43 bits per heavy atom. The summed E-state index contributed by atoms with van der Waals surface area (Å²) in [5, 5.41) is 12.9. The first-order valence-corrected chi connectivity index (χ1v) is 7.47. The minimum absolute atomic E-state index is 0.105. The Morgan fingerprint density at radius 3 is 2.76 bits per heavy atom. The van der Waals surface area contributed by atoms with Crippen LogP contribution in [-0.2, 0) is 4.79 Å². The fourth-order valence-electron chi connectivity index (χ4n) is 2.30. The molecule has 1 aromatic carbocycles. The van der Waals surface area contributed by atoms with Crippen molar-refractivity contribution in [3.63, 3.8) is 0 Å². The molecule has 0 spiro atoms. The summed E-state index contributed by atoms with van der Waals surface area (Å²) in [6.45, 7) is 8.45. The van der Waals surface area contributed by atoms with Crippen molar-refractivity contribution in [2.75, 3.05) is 13.2 Å². The van der Waals surface area contributed by atoms with E-state index in [9.17, 15) is 9.90 Å². The first-order valence-electron chi connectivity index (χ1n) is 7.47. The molecule has 0 saturated heterocycles. The van der Waals surface area contributed by atoms with E-state index in [1.54, 1.807) is 6.92 Å². The van der Waals surface area contributed by atoms with E-state index in [1.165, 1.54) is 0 Å². The summed E-state index contributed by atoms with van der Waals surface area (Å²) in [7, 11) is 0. The fourth-order valence-corrected chi connectivity index (χ4v) is 2.30. The number of hydrogen-bond acceptors (Lipinski definition) is 3. The van der Waals surface area contributed by atoms with Crippen LogP contribution in [-0.4, -0.2) is 29.8 Å². The Kier molecular flexibility index (Phi) is 6.69. The van der Waals surface area contributed by atoms with E-state index in [1.807, 2.05) is 45.0 Å². The van der Waals surface area contributed by atoms with Crippen LogP contribution in [0.25, 0.3) is 0 Å². The monoisotopic (exact) mass is 293 g/mol. The van der Waals surface area contributed by atoms with E-state index >= 15 is 0 Å². The van der Waals surface area contributed by atoms with E-state index in [2.05, 4.69) is 5.32 Å². The molecule has 1 atom stereocenters. The standard InChI is InChI=1S/C17H27NO3/c1-13(2)11-17(4,20)12-18-16(19)8-9-21-15-7-5-6-14(3)10-15/h5-7,10,13,20H,8-9,11-12H2,1-4H3,(H,18,19). The third-order valence-corrected chi connectivity index (χ3v) is 3.10. The number of carbonyl (C=O) groups is 1. The predicted octanol–water partition coefficient (Wildman–Crippen LogP) is 2.68. The van der Waals surface area contributed by atoms with Crippen molar-refractivity contribution >= 4 is 5.91 Å². The molecular formula is C17H27NO3. The number of nitrogens with one attached hydrogen (secondary N) is 1. The predicted molar refractivity (Wildman–Crippen MR) is 84.4 cm³/mol. The number of carbonyl (C=O) groups excluding carboxylic acids is 1. The van der Waals surface area contributed by atoms with E-state index in [0.717, 1.165) is 11.3 Å². The SMILES string of the molecule is Cc1cccc(OCCC(=O)NCC(C)(O)CC(C)C)c1. The molecule has 2 N–H and O–H groups in total. The Morgan fingerprint density at radius 2 is 2.14 bits per heavy atom. The zero-order valence-corrected chi connectivity index (χ0v) is 13.5. The van der Waals surface area contributed by atoms with Crippen LogP contribution in [0.4, 0.5) is 0 Å². The molecule has 21 heavy (non-hydrogen) atoms. The lowest BCUT2D eigenvalue weighted by Gasteiger charge is -2.25. The molecule has 0 radical (unpaired) electrons. The molecule has 1 amide bonds. The number of benzene rings is 1. The van der Waals surface area contributed by atoms with Gasteiger partial charge in [-0.05, 0) is 43.9 Å². The molecule has 0 aromatic heterocycles. The van der Waals surface area contributed by atoms with Gasteiger partial charge < -0.3 is 15.2 Å². The number of amides is 1. The van der Waals surface area contributed by atoms with Crippen LogP contribution < -0.4 is 10.1 Å². The summed E-state index contributed by atoms with van der Waals surface area (Å²) in [4.78, 5) is 11.7. The topological polar surface area (TPSA) is 58.6 Å². The number of ether oxygens (including phenoxy) is 1. The number of rotatable bonds is 8. The molecule has 0 bridgehead atoms. The van der Waals surface area contributed by atoms with Crippen molar-refractivity contribution in [3.05, 3.63) is 29.8 Å². The summed E-state index contributed by atoms with van der Waals surface area (Å²) in [6, 6.07) is 7.73. The highest BCUT2D eigenvalue weighted by molar-refractivity contribution is 5.76. The maximum Gasteiger partial charge on any atom is 0.223 e. The quantitative estimate of drug-likeness (QED) is 0.774. The Hall–Kier alpha value is -1.55. The van der Waals surface area contributed by atoms with Crippen LogP contribution in [0.15, 0.2) is 24.3 Å². The number of aryl methyl sites for hydroxylation is 1. The average Bonchev–Trinajstić information content (AvgIpc) is 2.35. The van der Waals surface area contributed by atoms with Gasteiger partial charge in [0.1, 0.15) is 5.75 Å². The third kappa shape index (κ3) is 7.71. The van der Waals surface area contributed by atoms with Crippen molar-refractivity contribution in [2.45, 2.75) is 46.1 Å². The van der Waals surface area contributed by atoms with Gasteiger partial charge in [0.25, 0.3) is 0 Å².